The lowest BCUT2D eigenvalue weighted by Gasteiger charge is -2.23. The van der Waals surface area contributed by atoms with E-state index in [-0.39, 0.29) is 27.0 Å². The minimum absolute atomic E-state index is 0.00331. The molecule has 2 aromatic carbocycles. The normalized spacial score (nSPS) is 11.1. The number of thiazole rings is 1. The summed E-state index contributed by atoms with van der Waals surface area (Å²) in [6.45, 7) is 3.61. The number of ether oxygens (including phenoxy) is 1. The lowest BCUT2D eigenvalue weighted by atomic mass is 10.2. The standard InChI is InChI=1S/C21H21N3O5S2/c1-4-24(16-10-6-5-7-11-16)31(27,28)17-12-8-9-15(13-17)19(25)23-21-22-14(2)18(30-21)20(26)29-3/h5-13H,4H2,1-3H3,(H,22,23,25). The van der Waals surface area contributed by atoms with Gasteiger partial charge in [-0.3, -0.25) is 14.4 Å². The van der Waals surface area contributed by atoms with Crippen LogP contribution in [0.2, 0.25) is 0 Å². The predicted octanol–water partition coefficient (Wildman–Crippen LogP) is 3.71. The van der Waals surface area contributed by atoms with Gasteiger partial charge in [-0.2, -0.15) is 0 Å². The molecule has 3 rings (SSSR count). The number of carbonyl (C=O) groups is 2. The summed E-state index contributed by atoms with van der Waals surface area (Å²) in [6.07, 6.45) is 0. The van der Waals surface area contributed by atoms with Gasteiger partial charge in [0.05, 0.1) is 23.4 Å². The van der Waals surface area contributed by atoms with Crippen LogP contribution in [0.15, 0.2) is 59.5 Å². The summed E-state index contributed by atoms with van der Waals surface area (Å²) < 4.78 is 32.3. The molecule has 31 heavy (non-hydrogen) atoms. The molecular formula is C21H21N3O5S2. The molecule has 0 fully saturated rings. The highest BCUT2D eigenvalue weighted by Crippen LogP contribution is 2.26. The van der Waals surface area contributed by atoms with Crippen molar-refractivity contribution in [2.75, 3.05) is 23.3 Å². The molecule has 1 amide bonds. The summed E-state index contributed by atoms with van der Waals surface area (Å²) in [6, 6.07) is 14.5. The Kier molecular flexibility index (Phi) is 6.71. The van der Waals surface area contributed by atoms with Crippen molar-refractivity contribution < 1.29 is 22.7 Å². The van der Waals surface area contributed by atoms with Crippen molar-refractivity contribution in [1.29, 1.82) is 0 Å². The number of para-hydroxylation sites is 1. The van der Waals surface area contributed by atoms with E-state index in [2.05, 4.69) is 10.3 Å². The predicted molar refractivity (Wildman–Crippen MR) is 119 cm³/mol. The highest BCUT2D eigenvalue weighted by atomic mass is 32.2. The van der Waals surface area contributed by atoms with Crippen LogP contribution < -0.4 is 9.62 Å². The fourth-order valence-corrected chi connectivity index (χ4v) is 5.31. The van der Waals surface area contributed by atoms with E-state index >= 15 is 0 Å². The summed E-state index contributed by atoms with van der Waals surface area (Å²) >= 11 is 0.987. The summed E-state index contributed by atoms with van der Waals surface area (Å²) in [7, 11) is -2.61. The van der Waals surface area contributed by atoms with Crippen LogP contribution in [0.4, 0.5) is 10.8 Å². The molecule has 1 heterocycles. The maximum absolute atomic E-state index is 13.2. The largest absolute Gasteiger partial charge is 0.465 e. The number of nitrogens with zero attached hydrogens (tertiary/aromatic N) is 2. The molecule has 0 unspecified atom stereocenters. The number of anilines is 2. The average Bonchev–Trinajstić information content (AvgIpc) is 3.14. The number of benzene rings is 2. The minimum atomic E-state index is -3.87. The second-order valence-corrected chi connectivity index (χ2v) is 9.27. The first-order chi connectivity index (χ1) is 14.8. The average molecular weight is 460 g/mol. The van der Waals surface area contributed by atoms with Crippen molar-refractivity contribution >= 4 is 44.1 Å². The van der Waals surface area contributed by atoms with Gasteiger partial charge in [-0.25, -0.2) is 18.2 Å². The Balaban J connectivity index is 1.87. The van der Waals surface area contributed by atoms with Gasteiger partial charge < -0.3 is 4.74 Å². The van der Waals surface area contributed by atoms with Gasteiger partial charge in [0.25, 0.3) is 15.9 Å². The van der Waals surface area contributed by atoms with Crippen molar-refractivity contribution in [3.8, 4) is 0 Å². The molecule has 0 bridgehead atoms. The Morgan fingerprint density at radius 1 is 1.13 bits per heavy atom. The maximum atomic E-state index is 13.2. The number of hydrogen-bond donors (Lipinski definition) is 1. The Morgan fingerprint density at radius 3 is 2.48 bits per heavy atom. The van der Waals surface area contributed by atoms with Gasteiger partial charge >= 0.3 is 5.97 Å². The molecule has 0 aliphatic heterocycles. The van der Waals surface area contributed by atoms with Crippen molar-refractivity contribution in [3.05, 3.63) is 70.7 Å². The van der Waals surface area contributed by atoms with Crippen LogP contribution in [-0.2, 0) is 14.8 Å². The molecule has 0 aliphatic carbocycles. The number of nitrogens with one attached hydrogen (secondary N) is 1. The zero-order valence-corrected chi connectivity index (χ0v) is 18.8. The van der Waals surface area contributed by atoms with Gasteiger partial charge in [0.15, 0.2) is 5.13 Å². The smallest absolute Gasteiger partial charge is 0.350 e. The first-order valence-electron chi connectivity index (χ1n) is 9.33. The fraction of sp³-hybridized carbons (Fsp3) is 0.190. The van der Waals surface area contributed by atoms with E-state index in [0.717, 1.165) is 11.3 Å². The van der Waals surface area contributed by atoms with Crippen molar-refractivity contribution in [2.24, 2.45) is 0 Å². The summed E-state index contributed by atoms with van der Waals surface area (Å²) in [4.78, 5) is 28.9. The quantitative estimate of drug-likeness (QED) is 0.540. The number of methoxy groups -OCH3 is 1. The van der Waals surface area contributed by atoms with Crippen LogP contribution in [-0.4, -0.2) is 38.9 Å². The van der Waals surface area contributed by atoms with Gasteiger partial charge in [0.1, 0.15) is 4.88 Å². The number of aromatic nitrogens is 1. The molecule has 0 radical (unpaired) electrons. The third-order valence-electron chi connectivity index (χ3n) is 4.40. The van der Waals surface area contributed by atoms with Crippen LogP contribution in [0.3, 0.4) is 0 Å². The van der Waals surface area contributed by atoms with E-state index in [1.54, 1.807) is 44.2 Å². The monoisotopic (exact) mass is 459 g/mol. The first kappa shape index (κ1) is 22.4. The molecule has 0 aliphatic rings. The zero-order chi connectivity index (χ0) is 22.6. The van der Waals surface area contributed by atoms with Crippen molar-refractivity contribution in [2.45, 2.75) is 18.7 Å². The highest BCUT2D eigenvalue weighted by Gasteiger charge is 2.25. The van der Waals surface area contributed by atoms with E-state index in [0.29, 0.717) is 11.4 Å². The second-order valence-electron chi connectivity index (χ2n) is 6.41. The molecule has 0 atom stereocenters. The van der Waals surface area contributed by atoms with Crippen LogP contribution in [0.5, 0.6) is 0 Å². The molecule has 1 N–H and O–H groups in total. The number of carbonyl (C=O) groups excluding carboxylic acids is 2. The number of amides is 1. The van der Waals surface area contributed by atoms with Crippen LogP contribution in [0.25, 0.3) is 0 Å². The topological polar surface area (TPSA) is 106 Å². The van der Waals surface area contributed by atoms with Crippen LogP contribution >= 0.6 is 11.3 Å². The van der Waals surface area contributed by atoms with Gasteiger partial charge in [0.2, 0.25) is 0 Å². The third kappa shape index (κ3) is 4.75. The summed E-state index contributed by atoms with van der Waals surface area (Å²) in [5, 5.41) is 2.82. The minimum Gasteiger partial charge on any atom is -0.465 e. The van der Waals surface area contributed by atoms with Crippen molar-refractivity contribution in [1.82, 2.24) is 4.98 Å². The molecule has 8 nitrogen and oxygen atoms in total. The van der Waals surface area contributed by atoms with Crippen LogP contribution in [0, 0.1) is 6.92 Å². The van der Waals surface area contributed by atoms with E-state index in [1.165, 1.54) is 35.7 Å². The number of hydrogen-bond acceptors (Lipinski definition) is 7. The number of rotatable bonds is 7. The summed E-state index contributed by atoms with van der Waals surface area (Å²) in [5.41, 5.74) is 1.12. The number of esters is 1. The molecule has 0 saturated carbocycles. The van der Waals surface area contributed by atoms with E-state index in [4.69, 9.17) is 4.74 Å². The fourth-order valence-electron chi connectivity index (χ4n) is 2.91. The second kappa shape index (κ2) is 9.27. The molecular weight excluding hydrogens is 438 g/mol. The Morgan fingerprint density at radius 2 is 1.84 bits per heavy atom. The van der Waals surface area contributed by atoms with Gasteiger partial charge in [-0.05, 0) is 44.2 Å². The molecule has 3 aromatic rings. The Labute approximate surface area is 184 Å². The SMILES string of the molecule is CCN(c1ccccc1)S(=O)(=O)c1cccc(C(=O)Nc2nc(C)c(C(=O)OC)s2)c1. The number of aryl methyl sites for hydroxylation is 1. The van der Waals surface area contributed by atoms with Crippen LogP contribution in [0.1, 0.15) is 32.6 Å². The zero-order valence-electron chi connectivity index (χ0n) is 17.2. The molecule has 0 spiro atoms. The van der Waals surface area contributed by atoms with E-state index < -0.39 is 21.9 Å². The summed E-state index contributed by atoms with van der Waals surface area (Å²) in [5.74, 6) is -1.07. The highest BCUT2D eigenvalue weighted by molar-refractivity contribution is 7.92. The third-order valence-corrected chi connectivity index (χ3v) is 7.36. The molecule has 10 heteroatoms. The maximum Gasteiger partial charge on any atom is 0.350 e. The van der Waals surface area contributed by atoms with Crippen molar-refractivity contribution in [3.63, 3.8) is 0 Å². The van der Waals surface area contributed by atoms with E-state index in [1.807, 2.05) is 0 Å². The van der Waals surface area contributed by atoms with Gasteiger partial charge in [-0.15, -0.1) is 0 Å². The number of sulfonamides is 1. The van der Waals surface area contributed by atoms with E-state index in [9.17, 15) is 18.0 Å². The van der Waals surface area contributed by atoms with Gasteiger partial charge in [0, 0.05) is 12.1 Å². The molecule has 162 valence electrons. The van der Waals surface area contributed by atoms with Gasteiger partial charge in [-0.1, -0.05) is 35.6 Å². The molecule has 0 saturated heterocycles. The molecule has 1 aromatic heterocycles. The Hall–Kier alpha value is -3.24. The lowest BCUT2D eigenvalue weighted by molar-refractivity contribution is 0.0605. The lowest BCUT2D eigenvalue weighted by Crippen LogP contribution is -2.30. The first-order valence-corrected chi connectivity index (χ1v) is 11.6. The Bertz CT molecular complexity index is 1210.